The van der Waals surface area contributed by atoms with Crippen molar-refractivity contribution >= 4 is 11.9 Å². The average molecular weight is 242 g/mol. The molecule has 1 saturated heterocycles. The van der Waals surface area contributed by atoms with Gasteiger partial charge in [-0.2, -0.15) is 13.2 Å². The van der Waals surface area contributed by atoms with Gasteiger partial charge in [0, 0.05) is 33.1 Å². The molecule has 0 unspecified atom stereocenters. The van der Waals surface area contributed by atoms with Gasteiger partial charge in [0.1, 0.15) is 0 Å². The van der Waals surface area contributed by atoms with Gasteiger partial charge < -0.3 is 15.3 Å². The summed E-state index contributed by atoms with van der Waals surface area (Å²) in [6.07, 6.45) is -5.08. The molecule has 8 heteroatoms. The van der Waals surface area contributed by atoms with E-state index in [9.17, 15) is 18.0 Å². The molecule has 0 spiro atoms. The molecule has 1 rings (SSSR count). The summed E-state index contributed by atoms with van der Waals surface area (Å²) in [5, 5.41) is 10.3. The van der Waals surface area contributed by atoms with Gasteiger partial charge in [-0.3, -0.25) is 4.79 Å². The van der Waals surface area contributed by atoms with Gasteiger partial charge >= 0.3 is 12.1 Å². The number of halogens is 3. The van der Waals surface area contributed by atoms with Crippen molar-refractivity contribution in [2.45, 2.75) is 13.1 Å². The van der Waals surface area contributed by atoms with Crippen molar-refractivity contribution < 1.29 is 27.9 Å². The third-order valence-corrected chi connectivity index (χ3v) is 1.80. The Morgan fingerprint density at radius 1 is 1.25 bits per heavy atom. The fraction of sp³-hybridized carbons (Fsp3) is 0.750. The SMILES string of the molecule is CC(=O)N1CCNCC1.O=C(O)C(F)(F)F. The standard InChI is InChI=1S/C6H12N2O.C2HF3O2/c1-6(9)8-4-2-7-3-5-8;3-2(4,5)1(6)7/h7H,2-5H2,1H3;(H,6,7). The highest BCUT2D eigenvalue weighted by Gasteiger charge is 2.38. The van der Waals surface area contributed by atoms with Crippen LogP contribution in [0.25, 0.3) is 0 Å². The van der Waals surface area contributed by atoms with Gasteiger partial charge in [-0.25, -0.2) is 4.79 Å². The molecular formula is C8H13F3N2O3. The Hall–Kier alpha value is -1.31. The molecule has 0 radical (unpaired) electrons. The first-order chi connectivity index (χ1) is 7.25. The van der Waals surface area contributed by atoms with Crippen LogP contribution in [0.3, 0.4) is 0 Å². The zero-order valence-corrected chi connectivity index (χ0v) is 8.67. The van der Waals surface area contributed by atoms with Gasteiger partial charge in [-0.05, 0) is 0 Å². The number of carbonyl (C=O) groups is 2. The number of piperazine rings is 1. The number of carbonyl (C=O) groups excluding carboxylic acids is 1. The lowest BCUT2D eigenvalue weighted by Gasteiger charge is -2.25. The van der Waals surface area contributed by atoms with Crippen LogP contribution in [0.2, 0.25) is 0 Å². The minimum atomic E-state index is -5.08. The van der Waals surface area contributed by atoms with Crippen molar-refractivity contribution in [3.8, 4) is 0 Å². The van der Waals surface area contributed by atoms with Crippen molar-refractivity contribution in [3.05, 3.63) is 0 Å². The normalized spacial score (nSPS) is 16.1. The summed E-state index contributed by atoms with van der Waals surface area (Å²) in [7, 11) is 0. The zero-order chi connectivity index (χ0) is 12.8. The van der Waals surface area contributed by atoms with Crippen molar-refractivity contribution in [1.82, 2.24) is 10.2 Å². The zero-order valence-electron chi connectivity index (χ0n) is 8.67. The maximum Gasteiger partial charge on any atom is 0.490 e. The first kappa shape index (κ1) is 14.7. The van der Waals surface area contributed by atoms with E-state index in [1.54, 1.807) is 6.92 Å². The Bertz CT molecular complexity index is 249. The van der Waals surface area contributed by atoms with Crippen molar-refractivity contribution in [1.29, 1.82) is 0 Å². The number of amides is 1. The number of aliphatic carboxylic acids is 1. The Kier molecular flexibility index (Phi) is 5.79. The van der Waals surface area contributed by atoms with Gasteiger partial charge in [-0.15, -0.1) is 0 Å². The third-order valence-electron chi connectivity index (χ3n) is 1.80. The van der Waals surface area contributed by atoms with E-state index in [1.165, 1.54) is 0 Å². The molecule has 16 heavy (non-hydrogen) atoms. The van der Waals surface area contributed by atoms with Crippen LogP contribution in [-0.4, -0.2) is 54.2 Å². The third kappa shape index (κ3) is 6.23. The van der Waals surface area contributed by atoms with E-state index in [0.717, 1.165) is 26.2 Å². The summed E-state index contributed by atoms with van der Waals surface area (Å²) in [5.41, 5.74) is 0. The number of carboxylic acids is 1. The number of alkyl halides is 3. The minimum Gasteiger partial charge on any atom is -0.475 e. The van der Waals surface area contributed by atoms with Gasteiger partial charge in [0.15, 0.2) is 0 Å². The predicted octanol–water partition coefficient (Wildman–Crippen LogP) is 0.0714. The highest BCUT2D eigenvalue weighted by Crippen LogP contribution is 2.13. The lowest BCUT2D eigenvalue weighted by atomic mass is 10.4. The van der Waals surface area contributed by atoms with Crippen LogP contribution in [0.4, 0.5) is 13.2 Å². The van der Waals surface area contributed by atoms with Crippen LogP contribution >= 0.6 is 0 Å². The second-order valence-corrected chi connectivity index (χ2v) is 3.06. The number of nitrogens with one attached hydrogen (secondary N) is 1. The summed E-state index contributed by atoms with van der Waals surface area (Å²) in [5.74, 6) is -2.57. The van der Waals surface area contributed by atoms with E-state index in [2.05, 4.69) is 5.32 Å². The fourth-order valence-electron chi connectivity index (χ4n) is 0.980. The Morgan fingerprint density at radius 3 is 1.81 bits per heavy atom. The average Bonchev–Trinajstić information content (AvgIpc) is 2.18. The summed E-state index contributed by atoms with van der Waals surface area (Å²) >= 11 is 0. The molecule has 0 atom stereocenters. The summed E-state index contributed by atoms with van der Waals surface area (Å²) < 4.78 is 31.7. The summed E-state index contributed by atoms with van der Waals surface area (Å²) in [6, 6.07) is 0. The van der Waals surface area contributed by atoms with E-state index in [4.69, 9.17) is 9.90 Å². The highest BCUT2D eigenvalue weighted by molar-refractivity contribution is 5.73. The molecule has 1 fully saturated rings. The molecule has 1 aliphatic rings. The largest absolute Gasteiger partial charge is 0.490 e. The highest BCUT2D eigenvalue weighted by atomic mass is 19.4. The Labute approximate surface area is 90.2 Å². The van der Waals surface area contributed by atoms with Crippen LogP contribution in [0.5, 0.6) is 0 Å². The molecule has 0 bridgehead atoms. The van der Waals surface area contributed by atoms with Gasteiger partial charge in [0.2, 0.25) is 5.91 Å². The smallest absolute Gasteiger partial charge is 0.475 e. The lowest BCUT2D eigenvalue weighted by molar-refractivity contribution is -0.192. The van der Waals surface area contributed by atoms with E-state index >= 15 is 0 Å². The predicted molar refractivity (Wildman–Crippen MR) is 48.8 cm³/mol. The van der Waals surface area contributed by atoms with Crippen LogP contribution < -0.4 is 5.32 Å². The van der Waals surface area contributed by atoms with Crippen molar-refractivity contribution in [2.75, 3.05) is 26.2 Å². The van der Waals surface area contributed by atoms with Gasteiger partial charge in [0.05, 0.1) is 0 Å². The van der Waals surface area contributed by atoms with Crippen LogP contribution in [0.15, 0.2) is 0 Å². The first-order valence-electron chi connectivity index (χ1n) is 4.51. The molecule has 0 aromatic heterocycles. The molecule has 2 N–H and O–H groups in total. The van der Waals surface area contributed by atoms with E-state index in [-0.39, 0.29) is 5.91 Å². The second-order valence-electron chi connectivity index (χ2n) is 3.06. The van der Waals surface area contributed by atoms with Gasteiger partial charge in [-0.1, -0.05) is 0 Å². The molecule has 5 nitrogen and oxygen atoms in total. The summed E-state index contributed by atoms with van der Waals surface area (Å²) in [4.78, 5) is 21.5. The van der Waals surface area contributed by atoms with E-state index in [1.807, 2.05) is 4.90 Å². The molecule has 1 heterocycles. The molecule has 94 valence electrons. The summed E-state index contributed by atoms with van der Waals surface area (Å²) in [6.45, 7) is 5.25. The number of hydrogen-bond donors (Lipinski definition) is 2. The minimum absolute atomic E-state index is 0.191. The van der Waals surface area contributed by atoms with Gasteiger partial charge in [0.25, 0.3) is 0 Å². The van der Waals surface area contributed by atoms with E-state index in [0.29, 0.717) is 0 Å². The number of rotatable bonds is 0. The fourth-order valence-corrected chi connectivity index (χ4v) is 0.980. The topological polar surface area (TPSA) is 69.6 Å². The second kappa shape index (κ2) is 6.31. The molecule has 0 aromatic carbocycles. The monoisotopic (exact) mass is 242 g/mol. The first-order valence-corrected chi connectivity index (χ1v) is 4.51. The molecule has 0 aromatic rings. The van der Waals surface area contributed by atoms with E-state index < -0.39 is 12.1 Å². The van der Waals surface area contributed by atoms with Crippen molar-refractivity contribution in [2.24, 2.45) is 0 Å². The maximum atomic E-state index is 10.7. The van der Waals surface area contributed by atoms with Crippen LogP contribution in [-0.2, 0) is 9.59 Å². The molecule has 0 saturated carbocycles. The number of nitrogens with zero attached hydrogens (tertiary/aromatic N) is 1. The van der Waals surface area contributed by atoms with Crippen LogP contribution in [0, 0.1) is 0 Å². The number of carboxylic acid groups (broad SMARTS) is 1. The van der Waals surface area contributed by atoms with Crippen LogP contribution in [0.1, 0.15) is 6.92 Å². The quantitative estimate of drug-likeness (QED) is 0.630. The lowest BCUT2D eigenvalue weighted by Crippen LogP contribution is -2.45. The Balaban J connectivity index is 0.000000293. The molecular weight excluding hydrogens is 229 g/mol. The van der Waals surface area contributed by atoms with Crippen molar-refractivity contribution in [3.63, 3.8) is 0 Å². The molecule has 0 aliphatic carbocycles. The molecule has 1 amide bonds. The molecule has 1 aliphatic heterocycles. The number of hydrogen-bond acceptors (Lipinski definition) is 3. The maximum absolute atomic E-state index is 10.7. The Morgan fingerprint density at radius 2 is 1.62 bits per heavy atom.